The minimum atomic E-state index is -0.464. The predicted molar refractivity (Wildman–Crippen MR) is 91.0 cm³/mol. The molecule has 1 aromatic carbocycles. The van der Waals surface area contributed by atoms with Gasteiger partial charge in [-0.3, -0.25) is 0 Å². The third kappa shape index (κ3) is 6.73. The van der Waals surface area contributed by atoms with Crippen LogP contribution in [0.4, 0.5) is 0 Å². The van der Waals surface area contributed by atoms with Crippen molar-refractivity contribution in [3.8, 4) is 0 Å². The van der Waals surface area contributed by atoms with Gasteiger partial charge in [-0.2, -0.15) is 0 Å². The third-order valence-corrected chi connectivity index (χ3v) is 3.31. The van der Waals surface area contributed by atoms with Crippen molar-refractivity contribution in [2.75, 3.05) is 19.8 Å². The average Bonchev–Trinajstić information content (AvgIpc) is 2.65. The maximum absolute atomic E-state index is 12.0. The van der Waals surface area contributed by atoms with Crippen LogP contribution in [-0.2, 0) is 32.0 Å². The molecule has 6 nitrogen and oxygen atoms in total. The first-order valence-corrected chi connectivity index (χ1v) is 8.08. The van der Waals surface area contributed by atoms with Crippen molar-refractivity contribution in [3.05, 3.63) is 65.5 Å². The van der Waals surface area contributed by atoms with E-state index in [2.05, 4.69) is 4.98 Å². The molecule has 0 atom stereocenters. The molecule has 0 aliphatic heterocycles. The number of hydrogen-bond acceptors (Lipinski definition) is 6. The Bertz CT molecular complexity index is 670. The normalized spacial score (nSPS) is 10.3. The monoisotopic (exact) mass is 343 g/mol. The number of carbonyl (C=O) groups is 2. The standard InChI is InChI=1S/C19H21NO5/c1-2-24-18(21)14-23-11-10-15-8-9-17(20-12-15)19(22)25-13-16-6-4-3-5-7-16/h3-9,12H,2,10-11,13-14H2,1H3. The minimum Gasteiger partial charge on any atom is -0.464 e. The van der Waals surface area contributed by atoms with Crippen molar-refractivity contribution in [2.45, 2.75) is 20.0 Å². The van der Waals surface area contributed by atoms with Gasteiger partial charge in [-0.15, -0.1) is 0 Å². The number of esters is 2. The summed E-state index contributed by atoms with van der Waals surface area (Å²) in [7, 11) is 0. The summed E-state index contributed by atoms with van der Waals surface area (Å²) in [6.45, 7) is 2.61. The van der Waals surface area contributed by atoms with Crippen LogP contribution in [-0.4, -0.2) is 36.7 Å². The maximum Gasteiger partial charge on any atom is 0.357 e. The number of benzene rings is 1. The van der Waals surface area contributed by atoms with Gasteiger partial charge in [-0.25, -0.2) is 14.6 Å². The first-order chi connectivity index (χ1) is 12.2. The predicted octanol–water partition coefficient (Wildman–Crippen LogP) is 2.56. The lowest BCUT2D eigenvalue weighted by molar-refractivity contribution is -0.148. The highest BCUT2D eigenvalue weighted by Crippen LogP contribution is 2.06. The first-order valence-electron chi connectivity index (χ1n) is 8.08. The van der Waals surface area contributed by atoms with Gasteiger partial charge in [0, 0.05) is 6.20 Å². The highest BCUT2D eigenvalue weighted by atomic mass is 16.6. The highest BCUT2D eigenvalue weighted by Gasteiger charge is 2.09. The van der Waals surface area contributed by atoms with E-state index in [0.29, 0.717) is 19.6 Å². The van der Waals surface area contributed by atoms with E-state index in [1.165, 1.54) is 0 Å². The van der Waals surface area contributed by atoms with Crippen LogP contribution in [0.2, 0.25) is 0 Å². The van der Waals surface area contributed by atoms with Gasteiger partial charge < -0.3 is 14.2 Å². The molecule has 0 saturated carbocycles. The van der Waals surface area contributed by atoms with Crippen LogP contribution in [0, 0.1) is 0 Å². The summed E-state index contributed by atoms with van der Waals surface area (Å²) in [5, 5.41) is 0. The molecule has 6 heteroatoms. The maximum atomic E-state index is 12.0. The fraction of sp³-hybridized carbons (Fsp3) is 0.316. The molecule has 0 aliphatic rings. The molecule has 132 valence electrons. The molecule has 0 saturated heterocycles. The summed E-state index contributed by atoms with van der Waals surface area (Å²) in [4.78, 5) is 27.2. The van der Waals surface area contributed by atoms with Crippen molar-refractivity contribution < 1.29 is 23.8 Å². The smallest absolute Gasteiger partial charge is 0.357 e. The second kappa shape index (κ2) is 10.2. The largest absolute Gasteiger partial charge is 0.464 e. The molecule has 1 heterocycles. The van der Waals surface area contributed by atoms with E-state index in [9.17, 15) is 9.59 Å². The third-order valence-electron chi connectivity index (χ3n) is 3.31. The Morgan fingerprint density at radius 3 is 2.48 bits per heavy atom. The molecule has 0 amide bonds. The number of nitrogens with zero attached hydrogens (tertiary/aromatic N) is 1. The Morgan fingerprint density at radius 2 is 1.80 bits per heavy atom. The number of pyridine rings is 1. The van der Waals surface area contributed by atoms with E-state index in [4.69, 9.17) is 14.2 Å². The number of ether oxygens (including phenoxy) is 3. The molecule has 0 fully saturated rings. The van der Waals surface area contributed by atoms with Crippen LogP contribution in [0.15, 0.2) is 48.7 Å². The first kappa shape index (κ1) is 18.6. The van der Waals surface area contributed by atoms with Crippen molar-refractivity contribution in [1.29, 1.82) is 0 Å². The van der Waals surface area contributed by atoms with E-state index in [0.717, 1.165) is 11.1 Å². The van der Waals surface area contributed by atoms with Gasteiger partial charge in [0.15, 0.2) is 0 Å². The molecule has 25 heavy (non-hydrogen) atoms. The number of hydrogen-bond donors (Lipinski definition) is 0. The minimum absolute atomic E-state index is 0.0643. The van der Waals surface area contributed by atoms with E-state index in [1.807, 2.05) is 30.3 Å². The van der Waals surface area contributed by atoms with E-state index >= 15 is 0 Å². The lowest BCUT2D eigenvalue weighted by Gasteiger charge is -2.06. The number of carbonyl (C=O) groups excluding carboxylic acids is 2. The Kier molecular flexibility index (Phi) is 7.59. The van der Waals surface area contributed by atoms with E-state index < -0.39 is 5.97 Å². The molecule has 2 aromatic rings. The summed E-state index contributed by atoms with van der Waals surface area (Å²) in [5.41, 5.74) is 2.09. The average molecular weight is 343 g/mol. The van der Waals surface area contributed by atoms with Gasteiger partial charge in [0.05, 0.1) is 13.2 Å². The molecule has 0 unspecified atom stereocenters. The van der Waals surface area contributed by atoms with Gasteiger partial charge >= 0.3 is 11.9 Å². The van der Waals surface area contributed by atoms with Crippen molar-refractivity contribution in [3.63, 3.8) is 0 Å². The Morgan fingerprint density at radius 1 is 1.00 bits per heavy atom. The lowest BCUT2D eigenvalue weighted by atomic mass is 10.2. The van der Waals surface area contributed by atoms with E-state index in [-0.39, 0.29) is 24.9 Å². The Labute approximate surface area is 146 Å². The molecule has 0 spiro atoms. The second-order valence-corrected chi connectivity index (χ2v) is 5.22. The van der Waals surface area contributed by atoms with E-state index in [1.54, 1.807) is 25.3 Å². The summed E-state index contributed by atoms with van der Waals surface area (Å²) in [6.07, 6.45) is 2.19. The van der Waals surface area contributed by atoms with Gasteiger partial charge in [0.2, 0.25) is 0 Å². The Hall–Kier alpha value is -2.73. The summed E-state index contributed by atoms with van der Waals surface area (Å²) in [5.74, 6) is -0.842. The van der Waals surface area contributed by atoms with Crippen molar-refractivity contribution in [1.82, 2.24) is 4.98 Å². The van der Waals surface area contributed by atoms with Gasteiger partial charge in [-0.05, 0) is 30.5 Å². The Balaban J connectivity index is 1.73. The molecule has 0 aliphatic carbocycles. The lowest BCUT2D eigenvalue weighted by Crippen LogP contribution is -2.13. The molecular weight excluding hydrogens is 322 g/mol. The van der Waals surface area contributed by atoms with Gasteiger partial charge in [0.1, 0.15) is 18.9 Å². The van der Waals surface area contributed by atoms with Crippen molar-refractivity contribution >= 4 is 11.9 Å². The van der Waals surface area contributed by atoms with Crippen LogP contribution in [0.1, 0.15) is 28.5 Å². The summed E-state index contributed by atoms with van der Waals surface area (Å²) >= 11 is 0. The van der Waals surface area contributed by atoms with Gasteiger partial charge in [-0.1, -0.05) is 36.4 Å². The second-order valence-electron chi connectivity index (χ2n) is 5.22. The quantitative estimate of drug-likeness (QED) is 0.514. The zero-order valence-electron chi connectivity index (χ0n) is 14.1. The van der Waals surface area contributed by atoms with Crippen LogP contribution in [0.25, 0.3) is 0 Å². The zero-order chi connectivity index (χ0) is 17.9. The number of rotatable bonds is 9. The number of aromatic nitrogens is 1. The molecule has 0 radical (unpaired) electrons. The van der Waals surface area contributed by atoms with Crippen LogP contribution < -0.4 is 0 Å². The summed E-state index contributed by atoms with van der Waals surface area (Å²) in [6, 6.07) is 12.9. The molecule has 0 N–H and O–H groups in total. The van der Waals surface area contributed by atoms with Crippen LogP contribution in [0.5, 0.6) is 0 Å². The molecule has 1 aromatic heterocycles. The fourth-order valence-electron chi connectivity index (χ4n) is 2.04. The highest BCUT2D eigenvalue weighted by molar-refractivity contribution is 5.87. The fourth-order valence-corrected chi connectivity index (χ4v) is 2.04. The zero-order valence-corrected chi connectivity index (χ0v) is 14.1. The SMILES string of the molecule is CCOC(=O)COCCc1ccc(C(=O)OCc2ccccc2)nc1. The topological polar surface area (TPSA) is 74.7 Å². The molecule has 2 rings (SSSR count). The van der Waals surface area contributed by atoms with Crippen LogP contribution >= 0.6 is 0 Å². The molecule has 0 bridgehead atoms. The molecular formula is C19H21NO5. The van der Waals surface area contributed by atoms with Crippen LogP contribution in [0.3, 0.4) is 0 Å². The van der Waals surface area contributed by atoms with Gasteiger partial charge in [0.25, 0.3) is 0 Å². The summed E-state index contributed by atoms with van der Waals surface area (Å²) < 4.78 is 15.2. The van der Waals surface area contributed by atoms with Crippen molar-refractivity contribution in [2.24, 2.45) is 0 Å².